The van der Waals surface area contributed by atoms with Crippen molar-refractivity contribution in [1.29, 1.82) is 0 Å². The summed E-state index contributed by atoms with van der Waals surface area (Å²) in [5, 5.41) is 0. The Kier molecular flexibility index (Phi) is 9.19. The van der Waals surface area contributed by atoms with Gasteiger partial charge < -0.3 is 9.80 Å². The van der Waals surface area contributed by atoms with Crippen LogP contribution in [0.1, 0.15) is 11.1 Å². The smallest absolute Gasteiger partial charge is 0.0540 e. The highest BCUT2D eigenvalue weighted by molar-refractivity contribution is 5.90. The van der Waals surface area contributed by atoms with E-state index in [0.717, 1.165) is 34.1 Å². The monoisotopic (exact) mass is 668 g/mol. The molecule has 2 heteroatoms. The summed E-state index contributed by atoms with van der Waals surface area (Å²) >= 11 is 0. The van der Waals surface area contributed by atoms with Gasteiger partial charge in [-0.1, -0.05) is 157 Å². The summed E-state index contributed by atoms with van der Waals surface area (Å²) in [6.45, 7) is 4.27. The highest BCUT2D eigenvalue weighted by Gasteiger charge is 2.19. The lowest BCUT2D eigenvalue weighted by molar-refractivity contribution is 1.27. The minimum Gasteiger partial charge on any atom is -0.310 e. The molecule has 0 aromatic heterocycles. The fourth-order valence-electron chi connectivity index (χ4n) is 6.91. The average Bonchev–Trinajstić information content (AvgIpc) is 3.21. The van der Waals surface area contributed by atoms with E-state index in [1.807, 2.05) is 0 Å². The molecule has 0 N–H and O–H groups in total. The zero-order valence-corrected chi connectivity index (χ0v) is 29.5. The number of aryl methyl sites for hydroxylation is 2. The molecular weight excluding hydrogens is 629 g/mol. The van der Waals surface area contributed by atoms with E-state index in [2.05, 4.69) is 230 Å². The zero-order valence-electron chi connectivity index (χ0n) is 29.5. The van der Waals surface area contributed by atoms with Gasteiger partial charge in [0.2, 0.25) is 0 Å². The van der Waals surface area contributed by atoms with E-state index in [0.29, 0.717) is 0 Å². The van der Waals surface area contributed by atoms with Gasteiger partial charge in [0.15, 0.2) is 0 Å². The van der Waals surface area contributed by atoms with Crippen molar-refractivity contribution in [2.24, 2.45) is 0 Å². The lowest BCUT2D eigenvalue weighted by atomic mass is 10.00. The summed E-state index contributed by atoms with van der Waals surface area (Å²) in [7, 11) is 0. The van der Waals surface area contributed by atoms with Gasteiger partial charge in [0.25, 0.3) is 0 Å². The molecular formula is C50H40N2. The van der Waals surface area contributed by atoms with Crippen LogP contribution >= 0.6 is 0 Å². The molecule has 0 saturated carbocycles. The SMILES string of the molecule is Cc1ccc(N(c2ccc(-c3ccc(N(c4ccc(C)cc4)c4ccccc4-c4ccccc4)cc3)cc2)c2ccccc2-c2ccccc2)cc1. The second-order valence-electron chi connectivity index (χ2n) is 13.2. The van der Waals surface area contributed by atoms with Gasteiger partial charge in [0.1, 0.15) is 0 Å². The highest BCUT2D eigenvalue weighted by atomic mass is 15.1. The van der Waals surface area contributed by atoms with E-state index in [1.165, 1.54) is 44.5 Å². The number of anilines is 6. The molecule has 2 nitrogen and oxygen atoms in total. The van der Waals surface area contributed by atoms with Crippen molar-refractivity contribution in [3.05, 3.63) is 217 Å². The fourth-order valence-corrected chi connectivity index (χ4v) is 6.91. The minimum atomic E-state index is 1.11. The molecule has 8 aromatic carbocycles. The molecule has 0 unspecified atom stereocenters. The Hall–Kier alpha value is -6.64. The first-order chi connectivity index (χ1) is 25.6. The van der Waals surface area contributed by atoms with Crippen LogP contribution in [0, 0.1) is 13.8 Å². The average molecular weight is 669 g/mol. The standard InChI is InChI=1S/C50H40N2/c1-37-21-29-43(30-22-37)51(49-19-11-9-17-47(49)41-13-5-3-6-14-41)45-33-25-39(26-34-45)40-27-35-46(36-28-40)52(44-31-23-38(2)24-32-44)50-20-12-10-18-48(50)42-15-7-4-8-16-42/h3-36H,1-2H3. The molecule has 8 aromatic rings. The Labute approximate surface area is 307 Å². The molecule has 0 aliphatic heterocycles. The van der Waals surface area contributed by atoms with Gasteiger partial charge in [0, 0.05) is 33.9 Å². The van der Waals surface area contributed by atoms with Crippen LogP contribution in [0.2, 0.25) is 0 Å². The van der Waals surface area contributed by atoms with E-state index in [4.69, 9.17) is 0 Å². The number of hydrogen-bond donors (Lipinski definition) is 0. The maximum absolute atomic E-state index is 2.36. The van der Waals surface area contributed by atoms with Crippen molar-refractivity contribution in [1.82, 2.24) is 0 Å². The minimum absolute atomic E-state index is 1.11. The van der Waals surface area contributed by atoms with Crippen LogP contribution in [-0.4, -0.2) is 0 Å². The van der Waals surface area contributed by atoms with E-state index in [-0.39, 0.29) is 0 Å². The highest BCUT2D eigenvalue weighted by Crippen LogP contribution is 2.43. The van der Waals surface area contributed by atoms with Gasteiger partial charge in [-0.2, -0.15) is 0 Å². The van der Waals surface area contributed by atoms with Crippen molar-refractivity contribution < 1.29 is 0 Å². The first-order valence-corrected chi connectivity index (χ1v) is 17.9. The summed E-state index contributed by atoms with van der Waals surface area (Å²) in [5.74, 6) is 0. The number of nitrogens with zero attached hydrogens (tertiary/aromatic N) is 2. The van der Waals surface area contributed by atoms with Crippen molar-refractivity contribution in [2.75, 3.05) is 9.80 Å². The molecule has 52 heavy (non-hydrogen) atoms. The molecule has 0 spiro atoms. The molecule has 250 valence electrons. The van der Waals surface area contributed by atoms with Gasteiger partial charge in [-0.3, -0.25) is 0 Å². The van der Waals surface area contributed by atoms with Gasteiger partial charge >= 0.3 is 0 Å². The van der Waals surface area contributed by atoms with Crippen LogP contribution in [-0.2, 0) is 0 Å². The van der Waals surface area contributed by atoms with Crippen molar-refractivity contribution >= 4 is 34.1 Å². The number of benzene rings is 8. The predicted molar refractivity (Wildman–Crippen MR) is 222 cm³/mol. The topological polar surface area (TPSA) is 6.48 Å². The third kappa shape index (κ3) is 6.75. The van der Waals surface area contributed by atoms with E-state index in [1.54, 1.807) is 0 Å². The Morgan fingerprint density at radius 1 is 0.250 bits per heavy atom. The molecule has 0 atom stereocenters. The summed E-state index contributed by atoms with van der Waals surface area (Å²) in [6, 6.07) is 74.0. The third-order valence-electron chi connectivity index (χ3n) is 9.63. The molecule has 0 amide bonds. The predicted octanol–water partition coefficient (Wildman–Crippen LogP) is 14.2. The Morgan fingerprint density at radius 2 is 0.538 bits per heavy atom. The Morgan fingerprint density at radius 3 is 0.885 bits per heavy atom. The number of rotatable bonds is 9. The summed E-state index contributed by atoms with van der Waals surface area (Å²) in [5.41, 5.74) is 16.3. The second kappa shape index (κ2) is 14.7. The molecule has 0 radical (unpaired) electrons. The van der Waals surface area contributed by atoms with Gasteiger partial charge in [-0.25, -0.2) is 0 Å². The van der Waals surface area contributed by atoms with E-state index < -0.39 is 0 Å². The Balaban J connectivity index is 1.16. The van der Waals surface area contributed by atoms with Gasteiger partial charge in [-0.05, 0) is 96.8 Å². The van der Waals surface area contributed by atoms with Crippen molar-refractivity contribution in [3.63, 3.8) is 0 Å². The summed E-state index contributed by atoms with van der Waals surface area (Å²) < 4.78 is 0. The second-order valence-corrected chi connectivity index (χ2v) is 13.2. The molecule has 0 heterocycles. The zero-order chi connectivity index (χ0) is 35.3. The maximum atomic E-state index is 2.36. The molecule has 0 aliphatic carbocycles. The largest absolute Gasteiger partial charge is 0.310 e. The summed E-state index contributed by atoms with van der Waals surface area (Å²) in [6.07, 6.45) is 0. The van der Waals surface area contributed by atoms with Crippen LogP contribution in [0.3, 0.4) is 0 Å². The van der Waals surface area contributed by atoms with Crippen LogP contribution in [0.25, 0.3) is 33.4 Å². The lowest BCUT2D eigenvalue weighted by Gasteiger charge is -2.28. The van der Waals surface area contributed by atoms with Gasteiger partial charge in [0.05, 0.1) is 11.4 Å². The van der Waals surface area contributed by atoms with E-state index >= 15 is 0 Å². The van der Waals surface area contributed by atoms with E-state index in [9.17, 15) is 0 Å². The molecule has 0 aliphatic rings. The molecule has 8 rings (SSSR count). The van der Waals surface area contributed by atoms with Crippen molar-refractivity contribution in [2.45, 2.75) is 13.8 Å². The molecule has 0 bridgehead atoms. The fraction of sp³-hybridized carbons (Fsp3) is 0.0400. The van der Waals surface area contributed by atoms with Crippen LogP contribution in [0.5, 0.6) is 0 Å². The lowest BCUT2D eigenvalue weighted by Crippen LogP contribution is -2.11. The third-order valence-corrected chi connectivity index (χ3v) is 9.63. The maximum Gasteiger partial charge on any atom is 0.0540 e. The van der Waals surface area contributed by atoms with Crippen LogP contribution in [0.4, 0.5) is 34.1 Å². The quantitative estimate of drug-likeness (QED) is 0.151. The first-order valence-electron chi connectivity index (χ1n) is 17.9. The molecule has 0 saturated heterocycles. The number of para-hydroxylation sites is 2. The van der Waals surface area contributed by atoms with Crippen LogP contribution < -0.4 is 9.80 Å². The normalized spacial score (nSPS) is 10.9. The first kappa shape index (κ1) is 32.6. The van der Waals surface area contributed by atoms with Crippen LogP contribution in [0.15, 0.2) is 206 Å². The van der Waals surface area contributed by atoms with Crippen molar-refractivity contribution in [3.8, 4) is 33.4 Å². The number of hydrogen-bond acceptors (Lipinski definition) is 2. The van der Waals surface area contributed by atoms with Gasteiger partial charge in [-0.15, -0.1) is 0 Å². The molecule has 0 fully saturated rings. The summed E-state index contributed by atoms with van der Waals surface area (Å²) in [4.78, 5) is 4.72. The Bertz CT molecular complexity index is 2210.